The molecule has 0 amide bonds. The van der Waals surface area contributed by atoms with Crippen LogP contribution in [0.3, 0.4) is 0 Å². The molecule has 3 rings (SSSR count). The molecule has 1 aliphatic carbocycles. The lowest BCUT2D eigenvalue weighted by Crippen LogP contribution is -2.43. The highest BCUT2D eigenvalue weighted by Crippen LogP contribution is 2.46. The summed E-state index contributed by atoms with van der Waals surface area (Å²) in [7, 11) is 1.29. The normalized spacial score (nSPS) is 24.3. The Morgan fingerprint density at radius 3 is 2.52 bits per heavy atom. The minimum absolute atomic E-state index is 0.204. The molecule has 1 heterocycles. The van der Waals surface area contributed by atoms with E-state index in [9.17, 15) is 14.4 Å². The van der Waals surface area contributed by atoms with Crippen molar-refractivity contribution in [1.82, 2.24) is 5.32 Å². The molecule has 0 radical (unpaired) electrons. The number of Topliss-reactive ketones (excluding diaryl/α,β-unsaturated/α-hetero) is 1. The predicted molar refractivity (Wildman–Crippen MR) is 117 cm³/mol. The highest BCUT2D eigenvalue weighted by atomic mass is 16.5. The molecular formula is C25H31NO5. The number of aryl methyl sites for hydroxylation is 1. The average Bonchev–Trinajstić information content (AvgIpc) is 2.72. The molecule has 1 aliphatic heterocycles. The van der Waals surface area contributed by atoms with Crippen LogP contribution in [0.25, 0.3) is 0 Å². The standard InChI is InChI=1S/C25H31NO5/c1-7-15(4)31-25(29)20-16(5)26-18-12-14(3)19(24(28)30-6)23(27)22(18)21(20)17-11-9-8-10-13(17)2/h8-11,14-15,19,21,26H,7,12H2,1-6H3/t14-,15-,19+,21+/m0/s1. The largest absolute Gasteiger partial charge is 0.468 e. The third-order valence-electron chi connectivity index (χ3n) is 6.35. The van der Waals surface area contributed by atoms with E-state index in [1.807, 2.05) is 58.9 Å². The van der Waals surface area contributed by atoms with Crippen molar-refractivity contribution < 1.29 is 23.9 Å². The van der Waals surface area contributed by atoms with E-state index >= 15 is 0 Å². The zero-order chi connectivity index (χ0) is 22.9. The third kappa shape index (κ3) is 4.16. The van der Waals surface area contributed by atoms with Crippen LogP contribution in [0.5, 0.6) is 0 Å². The van der Waals surface area contributed by atoms with Gasteiger partial charge in [0.2, 0.25) is 0 Å². The van der Waals surface area contributed by atoms with E-state index in [2.05, 4.69) is 5.32 Å². The predicted octanol–water partition coefficient (Wildman–Crippen LogP) is 3.95. The molecular weight excluding hydrogens is 394 g/mol. The van der Waals surface area contributed by atoms with Gasteiger partial charge < -0.3 is 14.8 Å². The number of dihydropyridines is 1. The minimum atomic E-state index is -0.887. The van der Waals surface area contributed by atoms with Gasteiger partial charge in [0.05, 0.1) is 18.8 Å². The monoisotopic (exact) mass is 425 g/mol. The van der Waals surface area contributed by atoms with Gasteiger partial charge in [-0.15, -0.1) is 0 Å². The summed E-state index contributed by atoms with van der Waals surface area (Å²) in [5, 5.41) is 3.28. The first-order valence-corrected chi connectivity index (χ1v) is 10.8. The van der Waals surface area contributed by atoms with Gasteiger partial charge in [-0.25, -0.2) is 4.79 Å². The molecule has 4 atom stereocenters. The molecule has 0 aromatic heterocycles. The summed E-state index contributed by atoms with van der Waals surface area (Å²) in [5.74, 6) is -2.96. The van der Waals surface area contributed by atoms with Gasteiger partial charge in [-0.3, -0.25) is 9.59 Å². The Hall–Kier alpha value is -2.89. The molecule has 0 unspecified atom stereocenters. The molecule has 1 aromatic rings. The second kappa shape index (κ2) is 9.08. The van der Waals surface area contributed by atoms with Crippen molar-refractivity contribution in [2.24, 2.45) is 11.8 Å². The number of carbonyl (C=O) groups excluding carboxylic acids is 3. The fourth-order valence-corrected chi connectivity index (χ4v) is 4.50. The average molecular weight is 426 g/mol. The Morgan fingerprint density at radius 2 is 1.90 bits per heavy atom. The van der Waals surface area contributed by atoms with Crippen LogP contribution in [-0.4, -0.2) is 30.9 Å². The van der Waals surface area contributed by atoms with E-state index in [-0.39, 0.29) is 17.8 Å². The van der Waals surface area contributed by atoms with E-state index in [1.165, 1.54) is 7.11 Å². The van der Waals surface area contributed by atoms with Crippen LogP contribution in [0, 0.1) is 18.8 Å². The topological polar surface area (TPSA) is 81.7 Å². The van der Waals surface area contributed by atoms with Crippen LogP contribution >= 0.6 is 0 Å². The van der Waals surface area contributed by atoms with Crippen LogP contribution in [0.1, 0.15) is 57.6 Å². The van der Waals surface area contributed by atoms with E-state index in [1.54, 1.807) is 0 Å². The molecule has 166 valence electrons. The maximum atomic E-state index is 13.6. The summed E-state index contributed by atoms with van der Waals surface area (Å²) < 4.78 is 10.6. The van der Waals surface area contributed by atoms with Crippen molar-refractivity contribution >= 4 is 17.7 Å². The molecule has 0 bridgehead atoms. The summed E-state index contributed by atoms with van der Waals surface area (Å²) in [4.78, 5) is 39.3. The van der Waals surface area contributed by atoms with Crippen molar-refractivity contribution in [3.05, 3.63) is 57.9 Å². The highest BCUT2D eigenvalue weighted by Gasteiger charge is 2.47. The molecule has 31 heavy (non-hydrogen) atoms. The fourth-order valence-electron chi connectivity index (χ4n) is 4.50. The number of benzene rings is 1. The van der Waals surface area contributed by atoms with Gasteiger partial charge in [-0.2, -0.15) is 0 Å². The Morgan fingerprint density at radius 1 is 1.23 bits per heavy atom. The number of hydrogen-bond donors (Lipinski definition) is 1. The number of allylic oxidation sites excluding steroid dienone is 3. The van der Waals surface area contributed by atoms with Crippen LogP contribution < -0.4 is 5.32 Å². The summed E-state index contributed by atoms with van der Waals surface area (Å²) in [6.07, 6.45) is 0.967. The van der Waals surface area contributed by atoms with Gasteiger partial charge in [0.1, 0.15) is 5.92 Å². The van der Waals surface area contributed by atoms with Crippen LogP contribution in [0.4, 0.5) is 0 Å². The zero-order valence-corrected chi connectivity index (χ0v) is 19.1. The number of methoxy groups -OCH3 is 1. The van der Waals surface area contributed by atoms with Crippen LogP contribution in [0.2, 0.25) is 0 Å². The second-order valence-corrected chi connectivity index (χ2v) is 8.52. The second-order valence-electron chi connectivity index (χ2n) is 8.52. The summed E-state index contributed by atoms with van der Waals surface area (Å²) in [6.45, 7) is 9.46. The maximum absolute atomic E-state index is 13.6. The van der Waals surface area contributed by atoms with E-state index in [0.29, 0.717) is 29.7 Å². The molecule has 0 fully saturated rings. The van der Waals surface area contributed by atoms with Crippen molar-refractivity contribution in [2.45, 2.75) is 59.5 Å². The Balaban J connectivity index is 2.18. The van der Waals surface area contributed by atoms with Crippen molar-refractivity contribution in [3.8, 4) is 0 Å². The number of ketones is 1. The van der Waals surface area contributed by atoms with Crippen molar-refractivity contribution in [3.63, 3.8) is 0 Å². The van der Waals surface area contributed by atoms with Crippen molar-refractivity contribution in [2.75, 3.05) is 7.11 Å². The molecule has 6 heteroatoms. The lowest BCUT2D eigenvalue weighted by molar-refractivity contribution is -0.151. The molecule has 2 aliphatic rings. The van der Waals surface area contributed by atoms with E-state index in [4.69, 9.17) is 9.47 Å². The summed E-state index contributed by atoms with van der Waals surface area (Å²) in [6, 6.07) is 7.70. The quantitative estimate of drug-likeness (QED) is 0.568. The third-order valence-corrected chi connectivity index (χ3v) is 6.35. The molecule has 1 aromatic carbocycles. The lowest BCUT2D eigenvalue weighted by Gasteiger charge is -2.38. The number of esters is 2. The van der Waals surface area contributed by atoms with Gasteiger partial charge in [-0.05, 0) is 50.7 Å². The number of nitrogens with one attached hydrogen (secondary N) is 1. The minimum Gasteiger partial charge on any atom is -0.468 e. The van der Waals surface area contributed by atoms with Gasteiger partial charge >= 0.3 is 11.9 Å². The fraction of sp³-hybridized carbons (Fsp3) is 0.480. The van der Waals surface area contributed by atoms with Gasteiger partial charge in [0, 0.05) is 22.9 Å². The molecule has 6 nitrogen and oxygen atoms in total. The Labute approximate surface area is 183 Å². The summed E-state index contributed by atoms with van der Waals surface area (Å²) in [5.41, 5.74) is 4.15. The molecule has 1 N–H and O–H groups in total. The van der Waals surface area contributed by atoms with Crippen molar-refractivity contribution in [1.29, 1.82) is 0 Å². The lowest BCUT2D eigenvalue weighted by atomic mass is 9.68. The molecule has 0 saturated heterocycles. The number of hydrogen-bond acceptors (Lipinski definition) is 6. The molecule has 0 saturated carbocycles. The van der Waals surface area contributed by atoms with Crippen LogP contribution in [-0.2, 0) is 23.9 Å². The maximum Gasteiger partial charge on any atom is 0.337 e. The summed E-state index contributed by atoms with van der Waals surface area (Å²) >= 11 is 0. The zero-order valence-electron chi connectivity index (χ0n) is 19.1. The number of carbonyl (C=O) groups is 3. The first kappa shape index (κ1) is 22.8. The first-order chi connectivity index (χ1) is 14.7. The van der Waals surface area contributed by atoms with E-state index in [0.717, 1.165) is 16.8 Å². The number of ether oxygens (including phenoxy) is 2. The van der Waals surface area contributed by atoms with E-state index < -0.39 is 23.8 Å². The van der Waals surface area contributed by atoms with Crippen LogP contribution in [0.15, 0.2) is 46.8 Å². The smallest absolute Gasteiger partial charge is 0.337 e. The van der Waals surface area contributed by atoms with Gasteiger partial charge in [0.15, 0.2) is 5.78 Å². The highest BCUT2D eigenvalue weighted by molar-refractivity contribution is 6.12. The first-order valence-electron chi connectivity index (χ1n) is 10.8. The number of rotatable bonds is 5. The van der Waals surface area contributed by atoms with Gasteiger partial charge in [0.25, 0.3) is 0 Å². The van der Waals surface area contributed by atoms with Gasteiger partial charge in [-0.1, -0.05) is 38.1 Å². The SMILES string of the molecule is CC[C@H](C)OC(=O)C1=C(C)NC2=C(C(=O)[C@H](C(=O)OC)[C@@H](C)C2)[C@@H]1c1ccccc1C. The Bertz CT molecular complexity index is 974. The Kier molecular flexibility index (Phi) is 6.68. The molecule has 0 spiro atoms.